The molecular weight excluding hydrogens is 231 g/mol. The van der Waals surface area contributed by atoms with Crippen LogP contribution in [0.2, 0.25) is 0 Å². The summed E-state index contributed by atoms with van der Waals surface area (Å²) in [6.07, 6.45) is 4.16. The van der Waals surface area contributed by atoms with Gasteiger partial charge in [-0.05, 0) is 43.9 Å². The van der Waals surface area contributed by atoms with Gasteiger partial charge in [0.2, 0.25) is 0 Å². The molecule has 0 saturated carbocycles. The standard InChI is InChI=1S/C14H19FN2O/c1-2-13-5-3-4-6-17(13)14(18)10-7-11(15)9-12(16)8-10/h7-9,13H,2-6,16H2,1H3. The summed E-state index contributed by atoms with van der Waals surface area (Å²) in [6, 6.07) is 4.31. The van der Waals surface area contributed by atoms with Gasteiger partial charge in [-0.1, -0.05) is 6.92 Å². The number of amides is 1. The fourth-order valence-corrected chi connectivity index (χ4v) is 2.59. The van der Waals surface area contributed by atoms with Crippen LogP contribution < -0.4 is 5.73 Å². The van der Waals surface area contributed by atoms with Gasteiger partial charge < -0.3 is 10.6 Å². The topological polar surface area (TPSA) is 46.3 Å². The number of hydrogen-bond acceptors (Lipinski definition) is 2. The van der Waals surface area contributed by atoms with Gasteiger partial charge >= 0.3 is 0 Å². The lowest BCUT2D eigenvalue weighted by Gasteiger charge is -2.35. The Labute approximate surface area is 107 Å². The Morgan fingerprint density at radius 1 is 1.44 bits per heavy atom. The molecule has 1 unspecified atom stereocenters. The highest BCUT2D eigenvalue weighted by Crippen LogP contribution is 2.22. The van der Waals surface area contributed by atoms with Crippen molar-refractivity contribution in [3.05, 3.63) is 29.6 Å². The molecule has 1 aliphatic rings. The largest absolute Gasteiger partial charge is 0.399 e. The smallest absolute Gasteiger partial charge is 0.254 e. The van der Waals surface area contributed by atoms with Crippen LogP contribution in [0.1, 0.15) is 43.0 Å². The number of likely N-dealkylation sites (tertiary alicyclic amines) is 1. The van der Waals surface area contributed by atoms with Crippen molar-refractivity contribution in [2.45, 2.75) is 38.6 Å². The van der Waals surface area contributed by atoms with Gasteiger partial charge in [-0.25, -0.2) is 4.39 Å². The van der Waals surface area contributed by atoms with Crippen molar-refractivity contribution in [1.29, 1.82) is 0 Å². The maximum Gasteiger partial charge on any atom is 0.254 e. The fraction of sp³-hybridized carbons (Fsp3) is 0.500. The molecule has 4 heteroatoms. The van der Waals surface area contributed by atoms with Crippen molar-refractivity contribution >= 4 is 11.6 Å². The highest BCUT2D eigenvalue weighted by Gasteiger charge is 2.26. The summed E-state index contributed by atoms with van der Waals surface area (Å²) in [5.41, 5.74) is 6.23. The molecule has 0 bridgehead atoms. The summed E-state index contributed by atoms with van der Waals surface area (Å²) >= 11 is 0. The predicted octanol–water partition coefficient (Wildman–Crippen LogP) is 2.81. The van der Waals surface area contributed by atoms with E-state index in [-0.39, 0.29) is 11.9 Å². The van der Waals surface area contributed by atoms with Crippen LogP contribution in [0.3, 0.4) is 0 Å². The van der Waals surface area contributed by atoms with Crippen LogP contribution >= 0.6 is 0 Å². The Bertz CT molecular complexity index is 427. The lowest BCUT2D eigenvalue weighted by Crippen LogP contribution is -2.43. The number of carbonyl (C=O) groups excluding carboxylic acids is 1. The monoisotopic (exact) mass is 250 g/mol. The first-order chi connectivity index (χ1) is 8.61. The lowest BCUT2D eigenvalue weighted by molar-refractivity contribution is 0.0607. The maximum absolute atomic E-state index is 13.3. The number of carbonyl (C=O) groups is 1. The minimum atomic E-state index is -0.455. The average Bonchev–Trinajstić information content (AvgIpc) is 2.36. The van der Waals surface area contributed by atoms with Crippen LogP contribution in [0.5, 0.6) is 0 Å². The SMILES string of the molecule is CCC1CCCCN1C(=O)c1cc(N)cc(F)c1. The highest BCUT2D eigenvalue weighted by atomic mass is 19.1. The summed E-state index contributed by atoms with van der Waals surface area (Å²) in [5, 5.41) is 0. The molecule has 98 valence electrons. The zero-order chi connectivity index (χ0) is 13.1. The number of nitrogens with zero attached hydrogens (tertiary/aromatic N) is 1. The van der Waals surface area contributed by atoms with Crippen molar-refractivity contribution in [1.82, 2.24) is 4.90 Å². The molecule has 1 atom stereocenters. The summed E-state index contributed by atoms with van der Waals surface area (Å²) < 4.78 is 13.3. The molecule has 2 N–H and O–H groups in total. The Morgan fingerprint density at radius 2 is 2.22 bits per heavy atom. The van der Waals surface area contributed by atoms with E-state index in [0.717, 1.165) is 32.2 Å². The molecule has 1 aromatic rings. The predicted molar refractivity (Wildman–Crippen MR) is 69.8 cm³/mol. The highest BCUT2D eigenvalue weighted by molar-refractivity contribution is 5.95. The summed E-state index contributed by atoms with van der Waals surface area (Å²) in [6.45, 7) is 2.84. The molecule has 1 fully saturated rings. The van der Waals surface area contributed by atoms with Crippen molar-refractivity contribution in [3.8, 4) is 0 Å². The number of benzene rings is 1. The van der Waals surface area contributed by atoms with E-state index in [0.29, 0.717) is 11.3 Å². The van der Waals surface area contributed by atoms with Gasteiger partial charge in [0.1, 0.15) is 5.82 Å². The number of halogens is 1. The van der Waals surface area contributed by atoms with Gasteiger partial charge in [-0.2, -0.15) is 0 Å². The second kappa shape index (κ2) is 5.38. The number of piperidine rings is 1. The van der Waals surface area contributed by atoms with Gasteiger partial charge in [0.15, 0.2) is 0 Å². The van der Waals surface area contributed by atoms with E-state index < -0.39 is 5.82 Å². The normalized spacial score (nSPS) is 19.9. The number of rotatable bonds is 2. The third-order valence-electron chi connectivity index (χ3n) is 3.53. The fourth-order valence-electron chi connectivity index (χ4n) is 2.59. The lowest BCUT2D eigenvalue weighted by atomic mass is 9.99. The summed E-state index contributed by atoms with van der Waals surface area (Å²) in [4.78, 5) is 14.2. The third-order valence-corrected chi connectivity index (χ3v) is 3.53. The number of nitrogens with two attached hydrogens (primary N) is 1. The molecule has 1 heterocycles. The molecule has 18 heavy (non-hydrogen) atoms. The van der Waals surface area contributed by atoms with Gasteiger partial charge in [0, 0.05) is 23.8 Å². The van der Waals surface area contributed by atoms with E-state index in [4.69, 9.17) is 5.73 Å². The van der Waals surface area contributed by atoms with E-state index >= 15 is 0 Å². The van der Waals surface area contributed by atoms with Gasteiger partial charge in [-0.15, -0.1) is 0 Å². The molecule has 0 spiro atoms. The van der Waals surface area contributed by atoms with Crippen LogP contribution in [0.4, 0.5) is 10.1 Å². The van der Waals surface area contributed by atoms with E-state index in [1.807, 2.05) is 4.90 Å². The van der Waals surface area contributed by atoms with Gasteiger partial charge in [0.25, 0.3) is 5.91 Å². The molecule has 3 nitrogen and oxygen atoms in total. The quantitative estimate of drug-likeness (QED) is 0.820. The van der Waals surface area contributed by atoms with E-state index in [2.05, 4.69) is 6.92 Å². The Balaban J connectivity index is 2.23. The molecule has 1 aliphatic heterocycles. The second-order valence-corrected chi connectivity index (χ2v) is 4.83. The molecular formula is C14H19FN2O. The Hall–Kier alpha value is -1.58. The molecule has 0 radical (unpaired) electrons. The van der Waals surface area contributed by atoms with E-state index in [1.54, 1.807) is 6.07 Å². The average molecular weight is 250 g/mol. The first-order valence-electron chi connectivity index (χ1n) is 6.49. The van der Waals surface area contributed by atoms with E-state index in [9.17, 15) is 9.18 Å². The van der Waals surface area contributed by atoms with Crippen LogP contribution in [0.25, 0.3) is 0 Å². The first-order valence-corrected chi connectivity index (χ1v) is 6.49. The third kappa shape index (κ3) is 2.63. The van der Waals surface area contributed by atoms with Crippen molar-refractivity contribution < 1.29 is 9.18 Å². The van der Waals surface area contributed by atoms with Crippen molar-refractivity contribution in [2.75, 3.05) is 12.3 Å². The number of hydrogen-bond donors (Lipinski definition) is 1. The zero-order valence-electron chi connectivity index (χ0n) is 10.7. The van der Waals surface area contributed by atoms with Crippen molar-refractivity contribution in [3.63, 3.8) is 0 Å². The van der Waals surface area contributed by atoms with Crippen LogP contribution in [-0.4, -0.2) is 23.4 Å². The molecule has 0 aliphatic carbocycles. The van der Waals surface area contributed by atoms with Crippen molar-refractivity contribution in [2.24, 2.45) is 0 Å². The van der Waals surface area contributed by atoms with E-state index in [1.165, 1.54) is 12.1 Å². The van der Waals surface area contributed by atoms with Crippen LogP contribution in [0, 0.1) is 5.82 Å². The minimum Gasteiger partial charge on any atom is -0.399 e. The Kier molecular flexibility index (Phi) is 3.84. The van der Waals surface area contributed by atoms with Crippen LogP contribution in [-0.2, 0) is 0 Å². The second-order valence-electron chi connectivity index (χ2n) is 4.83. The zero-order valence-corrected chi connectivity index (χ0v) is 10.7. The minimum absolute atomic E-state index is 0.104. The van der Waals surface area contributed by atoms with Crippen LogP contribution in [0.15, 0.2) is 18.2 Å². The maximum atomic E-state index is 13.3. The molecule has 0 aromatic heterocycles. The Morgan fingerprint density at radius 3 is 2.89 bits per heavy atom. The molecule has 1 aromatic carbocycles. The van der Waals surface area contributed by atoms with Gasteiger partial charge in [0.05, 0.1) is 0 Å². The molecule has 2 rings (SSSR count). The first kappa shape index (κ1) is 12.9. The number of anilines is 1. The van der Waals surface area contributed by atoms with Gasteiger partial charge in [-0.3, -0.25) is 4.79 Å². The molecule has 1 amide bonds. The summed E-state index contributed by atoms with van der Waals surface area (Å²) in [7, 11) is 0. The summed E-state index contributed by atoms with van der Waals surface area (Å²) in [5.74, 6) is -0.559. The number of nitrogen functional groups attached to an aromatic ring is 1. The molecule has 1 saturated heterocycles.